The Balaban J connectivity index is 0.942. The molecule has 64 heavy (non-hydrogen) atoms. The highest BCUT2D eigenvalue weighted by Crippen LogP contribution is 2.42. The first-order chi connectivity index (χ1) is 31.7. The number of fused-ring (bicyclic) bond motifs is 6. The average Bonchev–Trinajstić information content (AvgIpc) is 3.71. The van der Waals surface area contributed by atoms with Gasteiger partial charge in [0.2, 0.25) is 0 Å². The van der Waals surface area contributed by atoms with Gasteiger partial charge in [0.1, 0.15) is 0 Å². The Hall–Kier alpha value is -8.46. The smallest absolute Gasteiger partial charge is 0.0541 e. The van der Waals surface area contributed by atoms with E-state index in [-0.39, 0.29) is 0 Å². The number of hydrogen-bond acceptors (Lipinski definition) is 1. The van der Waals surface area contributed by atoms with Crippen LogP contribution in [-0.2, 0) is 0 Å². The zero-order chi connectivity index (χ0) is 42.4. The van der Waals surface area contributed by atoms with Crippen LogP contribution in [0.2, 0.25) is 0 Å². The van der Waals surface area contributed by atoms with Gasteiger partial charge in [0.05, 0.1) is 16.7 Å². The van der Waals surface area contributed by atoms with E-state index in [0.717, 1.165) is 28.3 Å². The number of hydrogen-bond donors (Lipinski definition) is 0. The fraction of sp³-hybridized carbons (Fsp3) is 0. The molecule has 2 heteroatoms. The second-order valence-electron chi connectivity index (χ2n) is 16.5. The van der Waals surface area contributed by atoms with Crippen LogP contribution in [0.25, 0.3) is 93.5 Å². The summed E-state index contributed by atoms with van der Waals surface area (Å²) in [5, 5.41) is 7.50. The van der Waals surface area contributed by atoms with E-state index in [1.807, 2.05) is 0 Å². The van der Waals surface area contributed by atoms with Crippen molar-refractivity contribution in [2.24, 2.45) is 0 Å². The van der Waals surface area contributed by atoms with Gasteiger partial charge < -0.3 is 9.47 Å². The molecule has 0 spiro atoms. The summed E-state index contributed by atoms with van der Waals surface area (Å²) in [5.41, 5.74) is 16.4. The summed E-state index contributed by atoms with van der Waals surface area (Å²) < 4.78 is 2.43. The predicted molar refractivity (Wildman–Crippen MR) is 272 cm³/mol. The molecule has 0 amide bonds. The molecular formula is C62H42N2. The number of anilines is 3. The number of aromatic nitrogens is 1. The number of rotatable bonds is 8. The number of para-hydroxylation sites is 3. The lowest BCUT2D eigenvalue weighted by Gasteiger charge is -2.26. The van der Waals surface area contributed by atoms with E-state index in [1.54, 1.807) is 0 Å². The van der Waals surface area contributed by atoms with Crippen molar-refractivity contribution < 1.29 is 0 Å². The molecule has 12 aromatic rings. The highest BCUT2D eigenvalue weighted by atomic mass is 15.1. The summed E-state index contributed by atoms with van der Waals surface area (Å²) in [6.07, 6.45) is 0. The van der Waals surface area contributed by atoms with Crippen molar-refractivity contribution in [2.45, 2.75) is 0 Å². The Morgan fingerprint density at radius 1 is 0.250 bits per heavy atom. The standard InChI is InChI=1S/C62H42N2/c1-2-14-43(15-3-1)44-26-28-45(29-27-44)46-32-36-50(37-33-46)63(52-40-41-55-49(42-52)31-30-47-16-4-5-17-53(47)55)51-38-34-48(35-39-51)54-18-6-7-19-56(54)57-20-8-11-23-60(57)64-61-24-12-9-21-58(61)59-22-10-13-25-62(59)64/h1-42H. The molecule has 0 unspecified atom stereocenters. The van der Waals surface area contributed by atoms with Crippen LogP contribution in [0, 0.1) is 0 Å². The maximum absolute atomic E-state index is 2.43. The molecule has 0 aliphatic carbocycles. The molecular weight excluding hydrogens is 773 g/mol. The molecule has 0 saturated carbocycles. The fourth-order valence-electron chi connectivity index (χ4n) is 9.71. The molecule has 1 aromatic heterocycles. The first-order valence-corrected chi connectivity index (χ1v) is 22.0. The average molecular weight is 815 g/mol. The normalized spacial score (nSPS) is 11.4. The van der Waals surface area contributed by atoms with Gasteiger partial charge in [-0.05, 0) is 115 Å². The van der Waals surface area contributed by atoms with Gasteiger partial charge in [-0.25, -0.2) is 0 Å². The van der Waals surface area contributed by atoms with E-state index < -0.39 is 0 Å². The van der Waals surface area contributed by atoms with Crippen molar-refractivity contribution in [3.05, 3.63) is 255 Å². The molecule has 2 nitrogen and oxygen atoms in total. The molecule has 300 valence electrons. The summed E-state index contributed by atoms with van der Waals surface area (Å²) in [6, 6.07) is 92.6. The Kier molecular flexibility index (Phi) is 9.20. The van der Waals surface area contributed by atoms with Crippen LogP contribution in [0.4, 0.5) is 17.1 Å². The lowest BCUT2D eigenvalue weighted by Crippen LogP contribution is -2.10. The van der Waals surface area contributed by atoms with Crippen LogP contribution in [0.5, 0.6) is 0 Å². The maximum atomic E-state index is 2.43. The van der Waals surface area contributed by atoms with Crippen molar-refractivity contribution in [2.75, 3.05) is 4.90 Å². The van der Waals surface area contributed by atoms with Crippen LogP contribution in [0.15, 0.2) is 255 Å². The molecule has 0 aliphatic rings. The van der Waals surface area contributed by atoms with Crippen molar-refractivity contribution in [1.82, 2.24) is 4.57 Å². The summed E-state index contributed by atoms with van der Waals surface area (Å²) in [6.45, 7) is 0. The fourth-order valence-corrected chi connectivity index (χ4v) is 9.71. The first-order valence-electron chi connectivity index (χ1n) is 22.0. The third kappa shape index (κ3) is 6.52. The van der Waals surface area contributed by atoms with Gasteiger partial charge in [-0.2, -0.15) is 0 Å². The van der Waals surface area contributed by atoms with E-state index >= 15 is 0 Å². The quantitative estimate of drug-likeness (QED) is 0.139. The third-order valence-electron chi connectivity index (χ3n) is 12.8. The Morgan fingerprint density at radius 2 is 0.688 bits per heavy atom. The van der Waals surface area contributed by atoms with E-state index in [0.29, 0.717) is 0 Å². The zero-order valence-electron chi connectivity index (χ0n) is 35.1. The Labute approximate surface area is 373 Å². The predicted octanol–water partition coefficient (Wildman–Crippen LogP) is 17.2. The molecule has 0 bridgehead atoms. The SMILES string of the molecule is c1ccc(-c2ccc(-c3ccc(N(c4ccc(-c5ccccc5-c5ccccc5-n5c6ccccc6c6ccccc65)cc4)c4ccc5c(ccc6ccccc65)c4)cc3)cc2)cc1. The highest BCUT2D eigenvalue weighted by molar-refractivity contribution is 6.10. The molecule has 1 heterocycles. The largest absolute Gasteiger partial charge is 0.310 e. The van der Waals surface area contributed by atoms with Gasteiger partial charge in [0, 0.05) is 33.4 Å². The molecule has 11 aromatic carbocycles. The maximum Gasteiger partial charge on any atom is 0.0541 e. The Morgan fingerprint density at radius 3 is 1.34 bits per heavy atom. The lowest BCUT2D eigenvalue weighted by molar-refractivity contribution is 1.18. The summed E-state index contributed by atoms with van der Waals surface area (Å²) in [4.78, 5) is 2.38. The molecule has 0 fully saturated rings. The van der Waals surface area contributed by atoms with E-state index in [4.69, 9.17) is 0 Å². The number of benzene rings is 11. The van der Waals surface area contributed by atoms with Crippen molar-refractivity contribution in [3.8, 4) is 50.2 Å². The molecule has 0 atom stereocenters. The monoisotopic (exact) mass is 814 g/mol. The van der Waals surface area contributed by atoms with Crippen molar-refractivity contribution in [3.63, 3.8) is 0 Å². The lowest BCUT2D eigenvalue weighted by atomic mass is 9.93. The first kappa shape index (κ1) is 37.3. The highest BCUT2D eigenvalue weighted by Gasteiger charge is 2.19. The van der Waals surface area contributed by atoms with Crippen molar-refractivity contribution in [1.29, 1.82) is 0 Å². The zero-order valence-corrected chi connectivity index (χ0v) is 35.1. The van der Waals surface area contributed by atoms with Crippen LogP contribution in [0.1, 0.15) is 0 Å². The van der Waals surface area contributed by atoms with Gasteiger partial charge in [0.25, 0.3) is 0 Å². The third-order valence-corrected chi connectivity index (χ3v) is 12.8. The van der Waals surface area contributed by atoms with Gasteiger partial charge in [0.15, 0.2) is 0 Å². The summed E-state index contributed by atoms with van der Waals surface area (Å²) >= 11 is 0. The van der Waals surface area contributed by atoms with Crippen LogP contribution >= 0.6 is 0 Å². The van der Waals surface area contributed by atoms with Gasteiger partial charge >= 0.3 is 0 Å². The minimum atomic E-state index is 1.09. The second-order valence-corrected chi connectivity index (χ2v) is 16.5. The molecule has 0 saturated heterocycles. The second kappa shape index (κ2) is 15.8. The molecule has 0 radical (unpaired) electrons. The number of nitrogens with zero attached hydrogens (tertiary/aromatic N) is 2. The minimum Gasteiger partial charge on any atom is -0.310 e. The van der Waals surface area contributed by atoms with Gasteiger partial charge in [-0.1, -0.05) is 200 Å². The van der Waals surface area contributed by atoms with E-state index in [2.05, 4.69) is 264 Å². The van der Waals surface area contributed by atoms with Crippen LogP contribution in [-0.4, -0.2) is 4.57 Å². The Bertz CT molecular complexity index is 3580. The van der Waals surface area contributed by atoms with Gasteiger partial charge in [-0.15, -0.1) is 0 Å². The summed E-state index contributed by atoms with van der Waals surface area (Å²) in [5.74, 6) is 0. The van der Waals surface area contributed by atoms with E-state index in [1.165, 1.54) is 82.3 Å². The molecule has 0 aliphatic heterocycles. The minimum absolute atomic E-state index is 1.09. The summed E-state index contributed by atoms with van der Waals surface area (Å²) in [7, 11) is 0. The van der Waals surface area contributed by atoms with E-state index in [9.17, 15) is 0 Å². The van der Waals surface area contributed by atoms with Crippen molar-refractivity contribution >= 4 is 60.4 Å². The topological polar surface area (TPSA) is 8.17 Å². The van der Waals surface area contributed by atoms with Crippen LogP contribution in [0.3, 0.4) is 0 Å². The molecule has 0 N–H and O–H groups in total. The molecule has 12 rings (SSSR count). The van der Waals surface area contributed by atoms with Crippen LogP contribution < -0.4 is 4.90 Å². The van der Waals surface area contributed by atoms with Gasteiger partial charge in [-0.3, -0.25) is 0 Å².